The Balaban J connectivity index is 2.24. The minimum atomic E-state index is 0.00263. The van der Waals surface area contributed by atoms with Gasteiger partial charge in [-0.15, -0.1) is 0 Å². The van der Waals surface area contributed by atoms with E-state index in [-0.39, 0.29) is 11.8 Å². The molecule has 1 amide bonds. The summed E-state index contributed by atoms with van der Waals surface area (Å²) >= 11 is 0. The molecule has 5 nitrogen and oxygen atoms in total. The summed E-state index contributed by atoms with van der Waals surface area (Å²) in [6.45, 7) is 5.56. The molecule has 0 aliphatic carbocycles. The molecule has 1 aliphatic rings. The Hall–Kier alpha value is -0.650. The molecule has 1 fully saturated rings. The predicted octanol–water partition coefficient (Wildman–Crippen LogP) is -0.795. The molecule has 0 radical (unpaired) electrons. The van der Waals surface area contributed by atoms with E-state index < -0.39 is 0 Å². The molecule has 1 rings (SSSR count). The second-order valence-electron chi connectivity index (χ2n) is 3.53. The molecule has 0 aromatic carbocycles. The van der Waals surface area contributed by atoms with Gasteiger partial charge in [-0.05, 0) is 7.05 Å². The minimum Gasteiger partial charge on any atom is -0.379 e. The van der Waals surface area contributed by atoms with Crippen molar-refractivity contribution in [3.05, 3.63) is 0 Å². The van der Waals surface area contributed by atoms with Crippen LogP contribution in [0.1, 0.15) is 6.92 Å². The fourth-order valence-corrected chi connectivity index (χ4v) is 1.34. The van der Waals surface area contributed by atoms with Gasteiger partial charge in [-0.3, -0.25) is 10.2 Å². The average Bonchev–Trinajstić information content (AvgIpc) is 2.19. The van der Waals surface area contributed by atoms with Gasteiger partial charge in [0.1, 0.15) is 0 Å². The van der Waals surface area contributed by atoms with Crippen molar-refractivity contribution >= 4 is 5.91 Å². The minimum absolute atomic E-state index is 0.00263. The third-order valence-electron chi connectivity index (χ3n) is 2.24. The van der Waals surface area contributed by atoms with E-state index in [1.165, 1.54) is 0 Å². The summed E-state index contributed by atoms with van der Waals surface area (Å²) in [6, 6.07) is 0. The molecule has 0 bridgehead atoms. The van der Waals surface area contributed by atoms with Gasteiger partial charge in [-0.25, -0.2) is 5.01 Å². The summed E-state index contributed by atoms with van der Waals surface area (Å²) in [5.41, 5.74) is 2.88. The maximum atomic E-state index is 11.6. The van der Waals surface area contributed by atoms with Gasteiger partial charge < -0.3 is 10.1 Å². The van der Waals surface area contributed by atoms with Crippen molar-refractivity contribution in [3.8, 4) is 0 Å². The van der Waals surface area contributed by atoms with E-state index in [9.17, 15) is 4.79 Å². The first kappa shape index (κ1) is 11.4. The third kappa shape index (κ3) is 3.61. The lowest BCUT2D eigenvalue weighted by Crippen LogP contribution is -2.50. The van der Waals surface area contributed by atoms with E-state index in [0.29, 0.717) is 19.8 Å². The van der Waals surface area contributed by atoms with Crippen LogP contribution in [0.4, 0.5) is 0 Å². The second kappa shape index (κ2) is 5.95. The Bertz CT molecular complexity index is 181. The van der Waals surface area contributed by atoms with E-state index in [4.69, 9.17) is 4.74 Å². The van der Waals surface area contributed by atoms with E-state index in [1.54, 1.807) is 0 Å². The lowest BCUT2D eigenvalue weighted by Gasteiger charge is -2.28. The van der Waals surface area contributed by atoms with E-state index in [2.05, 4.69) is 10.7 Å². The van der Waals surface area contributed by atoms with E-state index >= 15 is 0 Å². The van der Waals surface area contributed by atoms with Crippen molar-refractivity contribution in [2.24, 2.45) is 5.92 Å². The number of hydrazine groups is 1. The Morgan fingerprint density at radius 1 is 1.50 bits per heavy atom. The SMILES string of the molecule is CNCC(C)C(=O)NN1CCOCC1. The molecule has 82 valence electrons. The van der Waals surface area contributed by atoms with Gasteiger partial charge in [0.05, 0.1) is 13.2 Å². The van der Waals surface area contributed by atoms with Gasteiger partial charge in [0.15, 0.2) is 0 Å². The van der Waals surface area contributed by atoms with Crippen molar-refractivity contribution < 1.29 is 9.53 Å². The molecule has 1 heterocycles. The van der Waals surface area contributed by atoms with E-state index in [0.717, 1.165) is 13.1 Å². The highest BCUT2D eigenvalue weighted by molar-refractivity contribution is 5.77. The molecule has 14 heavy (non-hydrogen) atoms. The summed E-state index contributed by atoms with van der Waals surface area (Å²) in [6.07, 6.45) is 0. The number of carbonyl (C=O) groups is 1. The van der Waals surface area contributed by atoms with Crippen LogP contribution in [0, 0.1) is 5.92 Å². The Morgan fingerprint density at radius 2 is 2.14 bits per heavy atom. The Morgan fingerprint density at radius 3 is 2.71 bits per heavy atom. The summed E-state index contributed by atoms with van der Waals surface area (Å²) < 4.78 is 5.18. The van der Waals surface area contributed by atoms with Crippen LogP contribution in [-0.4, -0.2) is 50.8 Å². The van der Waals surface area contributed by atoms with Crippen LogP contribution >= 0.6 is 0 Å². The lowest BCUT2D eigenvalue weighted by atomic mass is 10.2. The van der Waals surface area contributed by atoms with Gasteiger partial charge in [0, 0.05) is 25.6 Å². The lowest BCUT2D eigenvalue weighted by molar-refractivity contribution is -0.131. The zero-order valence-corrected chi connectivity index (χ0v) is 8.88. The fraction of sp³-hybridized carbons (Fsp3) is 0.889. The van der Waals surface area contributed by atoms with Crippen LogP contribution < -0.4 is 10.7 Å². The number of carbonyl (C=O) groups excluding carboxylic acids is 1. The largest absolute Gasteiger partial charge is 0.379 e. The monoisotopic (exact) mass is 201 g/mol. The summed E-state index contributed by atoms with van der Waals surface area (Å²) in [5.74, 6) is 0.0732. The van der Waals surface area contributed by atoms with E-state index in [1.807, 2.05) is 19.0 Å². The van der Waals surface area contributed by atoms with Gasteiger partial charge in [0.25, 0.3) is 0 Å². The quantitative estimate of drug-likeness (QED) is 0.625. The van der Waals surface area contributed by atoms with Gasteiger partial charge in [-0.2, -0.15) is 0 Å². The highest BCUT2D eigenvalue weighted by Crippen LogP contribution is 1.96. The smallest absolute Gasteiger partial charge is 0.238 e. The third-order valence-corrected chi connectivity index (χ3v) is 2.24. The molecule has 1 atom stereocenters. The van der Waals surface area contributed by atoms with Gasteiger partial charge in [-0.1, -0.05) is 6.92 Å². The van der Waals surface area contributed by atoms with Crippen molar-refractivity contribution in [2.45, 2.75) is 6.92 Å². The first-order chi connectivity index (χ1) is 6.74. The molecule has 0 aromatic rings. The van der Waals surface area contributed by atoms with Crippen molar-refractivity contribution in [1.29, 1.82) is 0 Å². The number of nitrogens with zero attached hydrogens (tertiary/aromatic N) is 1. The molecular weight excluding hydrogens is 182 g/mol. The number of ether oxygens (including phenoxy) is 1. The number of hydrogen-bond acceptors (Lipinski definition) is 4. The topological polar surface area (TPSA) is 53.6 Å². The molecule has 1 saturated heterocycles. The zero-order chi connectivity index (χ0) is 10.4. The molecular formula is C9H19N3O2. The Kier molecular flexibility index (Phi) is 4.86. The van der Waals surface area contributed by atoms with Crippen molar-refractivity contribution in [3.63, 3.8) is 0 Å². The Labute approximate surface area is 84.8 Å². The molecule has 0 aromatic heterocycles. The molecule has 1 aliphatic heterocycles. The van der Waals surface area contributed by atoms with Crippen LogP contribution in [-0.2, 0) is 9.53 Å². The average molecular weight is 201 g/mol. The zero-order valence-electron chi connectivity index (χ0n) is 8.88. The maximum Gasteiger partial charge on any atom is 0.238 e. The van der Waals surface area contributed by atoms with Crippen LogP contribution in [0.2, 0.25) is 0 Å². The fourth-order valence-electron chi connectivity index (χ4n) is 1.34. The summed E-state index contributed by atoms with van der Waals surface area (Å²) in [5, 5.41) is 4.90. The van der Waals surface area contributed by atoms with Gasteiger partial charge >= 0.3 is 0 Å². The number of morpholine rings is 1. The highest BCUT2D eigenvalue weighted by atomic mass is 16.5. The van der Waals surface area contributed by atoms with Crippen molar-refractivity contribution in [1.82, 2.24) is 15.8 Å². The maximum absolute atomic E-state index is 11.6. The molecule has 5 heteroatoms. The predicted molar refractivity (Wildman–Crippen MR) is 53.6 cm³/mol. The van der Waals surface area contributed by atoms with Crippen LogP contribution in [0.3, 0.4) is 0 Å². The van der Waals surface area contributed by atoms with Crippen LogP contribution in [0.15, 0.2) is 0 Å². The number of hydrogen-bond donors (Lipinski definition) is 2. The number of amides is 1. The molecule has 2 N–H and O–H groups in total. The molecule has 0 spiro atoms. The normalized spacial score (nSPS) is 20.4. The van der Waals surface area contributed by atoms with Crippen LogP contribution in [0.25, 0.3) is 0 Å². The molecule has 0 saturated carbocycles. The molecule has 1 unspecified atom stereocenters. The standard InChI is InChI=1S/C9H19N3O2/c1-8(7-10-2)9(13)11-12-3-5-14-6-4-12/h8,10H,3-7H2,1-2H3,(H,11,13). The van der Waals surface area contributed by atoms with Gasteiger partial charge in [0.2, 0.25) is 5.91 Å². The number of nitrogens with one attached hydrogen (secondary N) is 2. The number of rotatable bonds is 4. The van der Waals surface area contributed by atoms with Crippen molar-refractivity contribution in [2.75, 3.05) is 39.9 Å². The first-order valence-corrected chi connectivity index (χ1v) is 5.02. The first-order valence-electron chi connectivity index (χ1n) is 5.02. The second-order valence-corrected chi connectivity index (χ2v) is 3.53. The van der Waals surface area contributed by atoms with Crippen LogP contribution in [0.5, 0.6) is 0 Å². The highest BCUT2D eigenvalue weighted by Gasteiger charge is 2.16. The summed E-state index contributed by atoms with van der Waals surface area (Å²) in [4.78, 5) is 11.6. The summed E-state index contributed by atoms with van der Waals surface area (Å²) in [7, 11) is 1.85.